The number of nitrogens with two attached hydrogens (primary N) is 1. The Balaban J connectivity index is 3.11. The van der Waals surface area contributed by atoms with Gasteiger partial charge < -0.3 is 10.6 Å². The van der Waals surface area contributed by atoms with Crippen LogP contribution in [0, 0.1) is 0 Å². The van der Waals surface area contributed by atoms with Crippen molar-refractivity contribution in [3.05, 3.63) is 23.8 Å². The molecule has 1 aromatic rings. The number of rotatable bonds is 4. The highest BCUT2D eigenvalue weighted by Gasteiger charge is 2.07. The minimum atomic E-state index is 0.608. The van der Waals surface area contributed by atoms with Crippen LogP contribution in [0.15, 0.2) is 23.1 Å². The van der Waals surface area contributed by atoms with Gasteiger partial charge in [0, 0.05) is 36.8 Å². The lowest BCUT2D eigenvalue weighted by molar-refractivity contribution is 0.991. The third-order valence-corrected chi connectivity index (χ3v) is 3.08. The molecule has 14 heavy (non-hydrogen) atoms. The summed E-state index contributed by atoms with van der Waals surface area (Å²) in [6, 6.07) is 6.35. The van der Waals surface area contributed by atoms with Crippen LogP contribution in [-0.2, 0) is 6.54 Å². The normalized spacial score (nSPS) is 10.3. The monoisotopic (exact) mass is 210 g/mol. The molecule has 0 heterocycles. The smallest absolute Gasteiger partial charge is 0.0417 e. The van der Waals surface area contributed by atoms with Crippen LogP contribution in [0.5, 0.6) is 0 Å². The average Bonchev–Trinajstić information content (AvgIpc) is 2.18. The number of hydrogen-bond acceptors (Lipinski definition) is 3. The van der Waals surface area contributed by atoms with Gasteiger partial charge in [0.2, 0.25) is 0 Å². The molecule has 0 fully saturated rings. The fraction of sp³-hybridized carbons (Fsp3) is 0.455. The van der Waals surface area contributed by atoms with Crippen molar-refractivity contribution in [1.82, 2.24) is 0 Å². The van der Waals surface area contributed by atoms with Crippen molar-refractivity contribution < 1.29 is 0 Å². The maximum absolute atomic E-state index is 5.78. The summed E-state index contributed by atoms with van der Waals surface area (Å²) < 4.78 is 0. The fourth-order valence-electron chi connectivity index (χ4n) is 1.47. The van der Waals surface area contributed by atoms with Gasteiger partial charge in [0.25, 0.3) is 0 Å². The molecule has 0 radical (unpaired) electrons. The van der Waals surface area contributed by atoms with Gasteiger partial charge in [-0.2, -0.15) is 0 Å². The lowest BCUT2D eigenvalue weighted by atomic mass is 10.1. The van der Waals surface area contributed by atoms with Crippen LogP contribution in [0.2, 0.25) is 0 Å². The van der Waals surface area contributed by atoms with Crippen LogP contribution in [0.25, 0.3) is 0 Å². The number of hydrogen-bond donors (Lipinski definition) is 1. The van der Waals surface area contributed by atoms with Crippen molar-refractivity contribution in [2.75, 3.05) is 24.7 Å². The number of thioether (sulfide) groups is 1. The van der Waals surface area contributed by atoms with Gasteiger partial charge in [0.15, 0.2) is 0 Å². The van der Waals surface area contributed by atoms with Crippen LogP contribution in [0.4, 0.5) is 5.69 Å². The van der Waals surface area contributed by atoms with Crippen LogP contribution < -0.4 is 10.6 Å². The molecule has 0 bridgehead atoms. The summed E-state index contributed by atoms with van der Waals surface area (Å²) in [7, 11) is 4.10. The Kier molecular flexibility index (Phi) is 4.29. The van der Waals surface area contributed by atoms with E-state index in [1.807, 2.05) is 11.8 Å². The molecule has 0 unspecified atom stereocenters. The van der Waals surface area contributed by atoms with Crippen molar-refractivity contribution in [2.24, 2.45) is 5.73 Å². The molecule has 0 aliphatic rings. The van der Waals surface area contributed by atoms with Crippen LogP contribution >= 0.6 is 11.8 Å². The second kappa shape index (κ2) is 5.27. The van der Waals surface area contributed by atoms with E-state index in [1.165, 1.54) is 16.1 Å². The van der Waals surface area contributed by atoms with E-state index in [4.69, 9.17) is 5.73 Å². The SMILES string of the molecule is CCSc1cccc(N(C)C)c1CN. The summed E-state index contributed by atoms with van der Waals surface area (Å²) >= 11 is 1.85. The maximum atomic E-state index is 5.78. The molecule has 0 amide bonds. The highest BCUT2D eigenvalue weighted by molar-refractivity contribution is 7.99. The zero-order valence-corrected chi connectivity index (χ0v) is 9.90. The molecule has 0 aliphatic heterocycles. The molecule has 2 nitrogen and oxygen atoms in total. The van der Waals surface area contributed by atoms with Gasteiger partial charge in [-0.25, -0.2) is 0 Å². The third-order valence-electron chi connectivity index (χ3n) is 2.09. The zero-order valence-electron chi connectivity index (χ0n) is 9.08. The van der Waals surface area contributed by atoms with Crippen molar-refractivity contribution in [3.63, 3.8) is 0 Å². The molecule has 0 aromatic heterocycles. The van der Waals surface area contributed by atoms with Crippen molar-refractivity contribution in [3.8, 4) is 0 Å². The van der Waals surface area contributed by atoms with E-state index in [0.717, 1.165) is 5.75 Å². The van der Waals surface area contributed by atoms with Crippen molar-refractivity contribution >= 4 is 17.4 Å². The molecular formula is C11H18N2S. The topological polar surface area (TPSA) is 29.3 Å². The summed E-state index contributed by atoms with van der Waals surface area (Å²) in [6.07, 6.45) is 0. The largest absolute Gasteiger partial charge is 0.377 e. The van der Waals surface area contributed by atoms with E-state index >= 15 is 0 Å². The van der Waals surface area contributed by atoms with Gasteiger partial charge in [0.05, 0.1) is 0 Å². The molecule has 78 valence electrons. The quantitative estimate of drug-likeness (QED) is 0.773. The van der Waals surface area contributed by atoms with Crippen molar-refractivity contribution in [2.45, 2.75) is 18.4 Å². The third kappa shape index (κ3) is 2.42. The van der Waals surface area contributed by atoms with E-state index in [2.05, 4.69) is 44.1 Å². The summed E-state index contributed by atoms with van der Waals surface area (Å²) in [5, 5.41) is 0. The van der Waals surface area contributed by atoms with Gasteiger partial charge in [-0.1, -0.05) is 13.0 Å². The van der Waals surface area contributed by atoms with E-state index < -0.39 is 0 Å². The molecule has 0 atom stereocenters. The lowest BCUT2D eigenvalue weighted by Crippen LogP contribution is -2.13. The van der Waals surface area contributed by atoms with E-state index in [0.29, 0.717) is 6.54 Å². The summed E-state index contributed by atoms with van der Waals surface area (Å²) in [6.45, 7) is 2.77. The lowest BCUT2D eigenvalue weighted by Gasteiger charge is -2.19. The highest BCUT2D eigenvalue weighted by atomic mass is 32.2. The Morgan fingerprint density at radius 2 is 2.07 bits per heavy atom. The van der Waals surface area contributed by atoms with Crippen molar-refractivity contribution in [1.29, 1.82) is 0 Å². The summed E-state index contributed by atoms with van der Waals surface area (Å²) in [5.74, 6) is 1.09. The standard InChI is InChI=1S/C11H18N2S/c1-4-14-11-7-5-6-10(13(2)3)9(11)8-12/h5-7H,4,8,12H2,1-3H3. The summed E-state index contributed by atoms with van der Waals surface area (Å²) in [4.78, 5) is 3.42. The molecule has 0 aliphatic carbocycles. The predicted molar refractivity (Wildman–Crippen MR) is 65.1 cm³/mol. The van der Waals surface area contributed by atoms with Gasteiger partial charge in [-0.05, 0) is 17.9 Å². The first-order chi connectivity index (χ1) is 6.70. The van der Waals surface area contributed by atoms with Gasteiger partial charge in [0.1, 0.15) is 0 Å². The van der Waals surface area contributed by atoms with Gasteiger partial charge >= 0.3 is 0 Å². The maximum Gasteiger partial charge on any atom is 0.0417 e. The van der Waals surface area contributed by atoms with E-state index in [9.17, 15) is 0 Å². The number of benzene rings is 1. The Bertz CT molecular complexity index is 297. The Morgan fingerprint density at radius 1 is 1.36 bits per heavy atom. The molecular weight excluding hydrogens is 192 g/mol. The molecule has 0 spiro atoms. The first-order valence-corrected chi connectivity index (χ1v) is 5.81. The number of anilines is 1. The van der Waals surface area contributed by atoms with Gasteiger partial charge in [-0.3, -0.25) is 0 Å². The zero-order chi connectivity index (χ0) is 10.6. The van der Waals surface area contributed by atoms with E-state index in [1.54, 1.807) is 0 Å². The summed E-state index contributed by atoms with van der Waals surface area (Å²) in [5.41, 5.74) is 8.26. The predicted octanol–water partition coefficient (Wildman–Crippen LogP) is 2.32. The Hall–Kier alpha value is -0.670. The van der Waals surface area contributed by atoms with Gasteiger partial charge in [-0.15, -0.1) is 11.8 Å². The molecule has 0 saturated heterocycles. The Labute approximate surface area is 90.5 Å². The molecule has 1 aromatic carbocycles. The minimum Gasteiger partial charge on any atom is -0.377 e. The highest BCUT2D eigenvalue weighted by Crippen LogP contribution is 2.29. The van der Waals surface area contributed by atoms with Crippen LogP contribution in [0.3, 0.4) is 0 Å². The molecule has 3 heteroatoms. The second-order valence-corrected chi connectivity index (χ2v) is 4.59. The number of nitrogens with zero attached hydrogens (tertiary/aromatic N) is 1. The Morgan fingerprint density at radius 3 is 2.57 bits per heavy atom. The fourth-order valence-corrected chi connectivity index (χ4v) is 2.32. The second-order valence-electron chi connectivity index (χ2n) is 3.29. The average molecular weight is 210 g/mol. The van der Waals surface area contributed by atoms with Crippen LogP contribution in [0.1, 0.15) is 12.5 Å². The molecule has 0 saturated carbocycles. The molecule has 2 N–H and O–H groups in total. The minimum absolute atomic E-state index is 0.608. The first kappa shape index (κ1) is 11.4. The van der Waals surface area contributed by atoms with E-state index in [-0.39, 0.29) is 0 Å². The van der Waals surface area contributed by atoms with Crippen LogP contribution in [-0.4, -0.2) is 19.8 Å². The molecule has 1 rings (SSSR count). The first-order valence-electron chi connectivity index (χ1n) is 4.82.